The molecule has 1 aromatic carbocycles. The van der Waals surface area contributed by atoms with E-state index in [1.54, 1.807) is 30.0 Å². The third-order valence-corrected chi connectivity index (χ3v) is 13.2. The number of aliphatic hydroxyl groups excluding tert-OH is 1. The second-order valence-electron chi connectivity index (χ2n) is 13.7. The van der Waals surface area contributed by atoms with E-state index in [0.717, 1.165) is 40.8 Å². The number of amides is 1. The Hall–Kier alpha value is -2.16. The van der Waals surface area contributed by atoms with Crippen molar-refractivity contribution in [2.75, 3.05) is 58.6 Å². The molecular formula is C33H44Cl2N6O4S2. The van der Waals surface area contributed by atoms with Crippen LogP contribution < -0.4 is 40.1 Å². The Morgan fingerprint density at radius 3 is 2.45 bits per heavy atom. The molecule has 0 radical (unpaired) electrons. The predicted molar refractivity (Wildman–Crippen MR) is 172 cm³/mol. The van der Waals surface area contributed by atoms with Gasteiger partial charge in [0.15, 0.2) is 0 Å². The standard InChI is InChI=1S/C33H44N6O4S2.2ClH/c1-21-26(29(33(42)43)37-28(21)27(22(2)40)30(37)41)25-18-36-20-35(31(44-3)32(36)45-25)17-23-6-4-7-24(16-23)19-39-13-10-38(11-14-39,12-15-39)9-5-8-34;;/h4,6-7,16,18,20-22,27-28,40H,5,8-15,17,19,34H2,1-3H3;2*1H/q+2;;/p-2/t21-,22+,27+,28+,38?,39?;;/m0../s1. The van der Waals surface area contributed by atoms with E-state index in [9.17, 15) is 19.8 Å². The fraction of sp³-hybridized carbons (Fsp3) is 0.545. The normalized spacial score (nSPS) is 28.6. The maximum atomic E-state index is 12.8. The van der Waals surface area contributed by atoms with Gasteiger partial charge in [0.2, 0.25) is 15.8 Å². The first-order chi connectivity index (χ1) is 21.6. The van der Waals surface area contributed by atoms with Crippen molar-refractivity contribution in [3.05, 3.63) is 58.5 Å². The van der Waals surface area contributed by atoms with E-state index in [1.807, 2.05) is 13.1 Å². The molecule has 7 heterocycles. The van der Waals surface area contributed by atoms with Crippen LogP contribution in [0.2, 0.25) is 0 Å². The molecule has 2 aromatic heterocycles. The van der Waals surface area contributed by atoms with Crippen molar-refractivity contribution in [3.8, 4) is 0 Å². The second kappa shape index (κ2) is 13.6. The van der Waals surface area contributed by atoms with Gasteiger partial charge in [-0.1, -0.05) is 48.2 Å². The molecule has 3 N–H and O–H groups in total. The number of aliphatic carboxylic acids is 1. The summed E-state index contributed by atoms with van der Waals surface area (Å²) in [7, 11) is 0. The lowest BCUT2D eigenvalue weighted by atomic mass is 9.77. The van der Waals surface area contributed by atoms with Crippen molar-refractivity contribution in [1.82, 2.24) is 9.47 Å². The van der Waals surface area contributed by atoms with E-state index in [1.165, 1.54) is 70.8 Å². The van der Waals surface area contributed by atoms with Gasteiger partial charge in [0.25, 0.3) is 6.33 Å². The van der Waals surface area contributed by atoms with Gasteiger partial charge in [0.1, 0.15) is 58.6 Å². The van der Waals surface area contributed by atoms with Crippen LogP contribution in [0, 0.1) is 11.8 Å². The summed E-state index contributed by atoms with van der Waals surface area (Å²) in [5.74, 6) is -2.51. The van der Waals surface area contributed by atoms with Crippen LogP contribution in [0.4, 0.5) is 0 Å². The van der Waals surface area contributed by atoms with Gasteiger partial charge in [-0.2, -0.15) is 4.40 Å². The van der Waals surface area contributed by atoms with E-state index in [2.05, 4.69) is 45.8 Å². The van der Waals surface area contributed by atoms with Crippen LogP contribution in [0.1, 0.15) is 36.3 Å². The number of piperazine rings is 3. The smallest absolute Gasteiger partial charge is 0.250 e. The highest BCUT2D eigenvalue weighted by molar-refractivity contribution is 7.98. The summed E-state index contributed by atoms with van der Waals surface area (Å²) in [5, 5.41) is 23.6. The Labute approximate surface area is 296 Å². The molecular weight excluding hydrogens is 679 g/mol. The topological polar surface area (TPSA) is 116 Å². The lowest BCUT2D eigenvalue weighted by molar-refractivity contribution is -1.09. The monoisotopic (exact) mass is 722 g/mol. The van der Waals surface area contributed by atoms with E-state index < -0.39 is 18.0 Å². The van der Waals surface area contributed by atoms with Crippen LogP contribution in [0.15, 0.2) is 47.5 Å². The Morgan fingerprint density at radius 2 is 1.83 bits per heavy atom. The van der Waals surface area contributed by atoms with Gasteiger partial charge >= 0.3 is 0 Å². The van der Waals surface area contributed by atoms with Gasteiger partial charge in [-0.25, -0.2) is 4.57 Å². The van der Waals surface area contributed by atoms with Crippen molar-refractivity contribution >= 4 is 45.4 Å². The van der Waals surface area contributed by atoms with Crippen molar-refractivity contribution in [2.45, 2.75) is 50.5 Å². The number of aliphatic hydroxyl groups is 1. The molecule has 47 heavy (non-hydrogen) atoms. The lowest BCUT2D eigenvalue weighted by Gasteiger charge is -2.55. The number of imidazole rings is 1. The number of halogens is 2. The van der Waals surface area contributed by atoms with Crippen LogP contribution in [-0.2, 0) is 22.7 Å². The van der Waals surface area contributed by atoms with Crippen molar-refractivity contribution in [3.63, 3.8) is 0 Å². The molecule has 8 rings (SSSR count). The Morgan fingerprint density at radius 1 is 1.17 bits per heavy atom. The summed E-state index contributed by atoms with van der Waals surface area (Å²) in [6, 6.07) is 8.68. The van der Waals surface area contributed by atoms with E-state index in [0.29, 0.717) is 5.57 Å². The minimum absolute atomic E-state index is 0. The summed E-state index contributed by atoms with van der Waals surface area (Å²) in [4.78, 5) is 28.3. The Kier molecular flexibility index (Phi) is 10.5. The third kappa shape index (κ3) is 6.03. The number of benzene rings is 1. The zero-order valence-electron chi connectivity index (χ0n) is 27.1. The van der Waals surface area contributed by atoms with Crippen molar-refractivity contribution in [1.29, 1.82) is 0 Å². The van der Waals surface area contributed by atoms with Crippen LogP contribution in [0.5, 0.6) is 0 Å². The van der Waals surface area contributed by atoms with E-state index in [4.69, 9.17) is 5.73 Å². The number of thiazole rings is 1. The number of carbonyl (C=O) groups is 2. The number of carboxylic acid groups (broad SMARTS) is 1. The van der Waals surface area contributed by atoms with Gasteiger partial charge in [-0.05, 0) is 31.4 Å². The molecule has 4 fully saturated rings. The first-order valence-electron chi connectivity index (χ1n) is 16.1. The van der Waals surface area contributed by atoms with E-state index >= 15 is 0 Å². The first kappa shape index (κ1) is 36.1. The molecule has 0 aliphatic carbocycles. The molecule has 0 saturated carbocycles. The Balaban J connectivity index is 0.00000217. The zero-order valence-corrected chi connectivity index (χ0v) is 30.3. The number of nitrogens with two attached hydrogens (primary N) is 1. The average Bonchev–Trinajstić information content (AvgIpc) is 3.64. The van der Waals surface area contributed by atoms with Gasteiger partial charge < -0.3 is 59.4 Å². The molecule has 5 aliphatic rings. The van der Waals surface area contributed by atoms with Gasteiger partial charge in [0, 0.05) is 23.5 Å². The number of quaternary nitrogens is 2. The predicted octanol–water partition coefficient (Wildman–Crippen LogP) is -5.11. The maximum Gasteiger partial charge on any atom is 0.250 e. The number of hydrogen-bond donors (Lipinski definition) is 2. The third-order valence-electron chi connectivity index (χ3n) is 11.1. The fourth-order valence-electron chi connectivity index (χ4n) is 8.61. The van der Waals surface area contributed by atoms with Gasteiger partial charge in [-0.15, -0.1) is 0 Å². The second-order valence-corrected chi connectivity index (χ2v) is 15.6. The highest BCUT2D eigenvalue weighted by atomic mass is 35.5. The molecule has 0 unspecified atom stereocenters. The minimum Gasteiger partial charge on any atom is -1.00 e. The molecule has 0 spiro atoms. The summed E-state index contributed by atoms with van der Waals surface area (Å²) in [6.07, 6.45) is 6.42. The Bertz CT molecular complexity index is 1680. The van der Waals surface area contributed by atoms with E-state index in [-0.39, 0.29) is 48.4 Å². The number of aromatic nitrogens is 2. The minimum atomic E-state index is -1.35. The van der Waals surface area contributed by atoms with Gasteiger partial charge in [-0.3, -0.25) is 4.79 Å². The first-order valence-corrected chi connectivity index (χ1v) is 18.2. The summed E-state index contributed by atoms with van der Waals surface area (Å²) in [5.41, 5.74) is 9.06. The molecule has 256 valence electrons. The fourth-order valence-corrected chi connectivity index (χ4v) is 10.8. The summed E-state index contributed by atoms with van der Waals surface area (Å²) >= 11 is 3.22. The number of hydrogen-bond acceptors (Lipinski definition) is 7. The average molecular weight is 724 g/mol. The molecule has 5 aliphatic heterocycles. The SMILES string of the molecule is CSc1c2sc(C3=C(C(=O)[O-])N4C(=O)[C@H]([C@@H](C)O)[C@H]4[C@H]3C)c[n+]2cn1Cc1cccc(C[N+]23CC[N+](CCCN)(CC2)CC3)c1.[Cl-].[Cl-]. The van der Waals surface area contributed by atoms with Crippen LogP contribution in [0.3, 0.4) is 0 Å². The molecule has 10 nitrogen and oxygen atoms in total. The molecule has 4 atom stereocenters. The molecule has 3 aromatic rings. The molecule has 4 saturated heterocycles. The summed E-state index contributed by atoms with van der Waals surface area (Å²) < 4.78 is 6.80. The van der Waals surface area contributed by atoms with Crippen molar-refractivity contribution in [2.24, 2.45) is 17.6 Å². The van der Waals surface area contributed by atoms with Crippen LogP contribution in [-0.4, -0.2) is 106 Å². The lowest BCUT2D eigenvalue weighted by Crippen LogP contribution is -3.00. The maximum absolute atomic E-state index is 12.8. The van der Waals surface area contributed by atoms with Crippen LogP contribution in [0.25, 0.3) is 10.4 Å². The molecule has 1 amide bonds. The quantitative estimate of drug-likeness (QED) is 0.0887. The number of β-lactam (4-membered cyclic amide) rings is 1. The largest absolute Gasteiger partial charge is 1.00 e. The van der Waals surface area contributed by atoms with Crippen molar-refractivity contribution < 1.29 is 58.0 Å². The number of thioether (sulfide) groups is 1. The number of rotatable bonds is 11. The number of fused-ring (bicyclic) bond motifs is 5. The highest BCUT2D eigenvalue weighted by Crippen LogP contribution is 2.51. The number of nitrogens with zero attached hydrogens (tertiary/aromatic N) is 5. The molecule has 2 bridgehead atoms. The number of carbonyl (C=O) groups excluding carboxylic acids is 2. The zero-order chi connectivity index (χ0) is 31.7. The molecule has 14 heteroatoms. The number of carboxylic acids is 1. The van der Waals surface area contributed by atoms with Gasteiger partial charge in [0.05, 0.1) is 41.2 Å². The highest BCUT2D eigenvalue weighted by Gasteiger charge is 2.59. The van der Waals surface area contributed by atoms with Crippen LogP contribution >= 0.6 is 23.1 Å². The summed E-state index contributed by atoms with van der Waals surface area (Å²) in [6.45, 7) is 14.9.